The second-order valence-electron chi connectivity index (χ2n) is 5.52. The molecule has 0 aliphatic carbocycles. The highest BCUT2D eigenvalue weighted by atomic mass is 16.1. The van der Waals surface area contributed by atoms with Crippen LogP contribution in [0.2, 0.25) is 0 Å². The molecule has 0 N–H and O–H groups in total. The summed E-state index contributed by atoms with van der Waals surface area (Å²) in [6.07, 6.45) is 1.74. The minimum atomic E-state index is -0.00793. The van der Waals surface area contributed by atoms with Gasteiger partial charge in [-0.3, -0.25) is 9.78 Å². The zero-order valence-electron chi connectivity index (χ0n) is 12.9. The highest BCUT2D eigenvalue weighted by Crippen LogP contribution is 2.20. The van der Waals surface area contributed by atoms with Gasteiger partial charge in [-0.05, 0) is 18.2 Å². The van der Waals surface area contributed by atoms with E-state index in [0.717, 1.165) is 22.3 Å². The van der Waals surface area contributed by atoms with E-state index in [0.29, 0.717) is 11.1 Å². The van der Waals surface area contributed by atoms with Crippen molar-refractivity contribution in [2.24, 2.45) is 0 Å². The van der Waals surface area contributed by atoms with E-state index in [9.17, 15) is 4.79 Å². The summed E-state index contributed by atoms with van der Waals surface area (Å²) in [5.74, 6) is -0.00793. The second-order valence-corrected chi connectivity index (χ2v) is 5.52. The van der Waals surface area contributed by atoms with Gasteiger partial charge in [-0.1, -0.05) is 60.7 Å². The Morgan fingerprint density at radius 3 is 2.17 bits per heavy atom. The Kier molecular flexibility index (Phi) is 3.60. The first kappa shape index (κ1) is 14.3. The Morgan fingerprint density at radius 2 is 1.42 bits per heavy atom. The summed E-state index contributed by atoms with van der Waals surface area (Å²) in [6.45, 7) is 0. The molecule has 3 aromatic carbocycles. The van der Waals surface area contributed by atoms with Crippen molar-refractivity contribution in [2.75, 3.05) is 0 Å². The van der Waals surface area contributed by atoms with Crippen molar-refractivity contribution in [3.63, 3.8) is 0 Å². The van der Waals surface area contributed by atoms with Crippen LogP contribution in [0.15, 0.2) is 85.1 Å². The Balaban J connectivity index is 1.73. The molecule has 1 aromatic heterocycles. The van der Waals surface area contributed by atoms with E-state index >= 15 is 0 Å². The van der Waals surface area contributed by atoms with Gasteiger partial charge in [-0.25, -0.2) is 4.98 Å². The first-order valence-electron chi connectivity index (χ1n) is 7.73. The minimum absolute atomic E-state index is 0.00793. The lowest BCUT2D eigenvalue weighted by molar-refractivity contribution is 0.103. The molecule has 0 bridgehead atoms. The molecule has 0 radical (unpaired) electrons. The van der Waals surface area contributed by atoms with Crippen LogP contribution >= 0.6 is 0 Å². The smallest absolute Gasteiger partial charge is 0.193 e. The summed E-state index contributed by atoms with van der Waals surface area (Å²) in [5, 5.41) is 0. The predicted molar refractivity (Wildman–Crippen MR) is 94.8 cm³/mol. The standard InChI is InChI=1S/C21H14N2O/c24-21(16-9-5-2-6-10-16)17-11-12-18-19(13-17)22-14-20(23-18)15-7-3-1-4-8-15/h1-14H. The monoisotopic (exact) mass is 310 g/mol. The van der Waals surface area contributed by atoms with Crippen molar-refractivity contribution < 1.29 is 4.79 Å². The van der Waals surface area contributed by atoms with Gasteiger partial charge in [0.15, 0.2) is 5.78 Å². The molecule has 3 heteroatoms. The Morgan fingerprint density at radius 1 is 0.708 bits per heavy atom. The fourth-order valence-electron chi connectivity index (χ4n) is 2.66. The average molecular weight is 310 g/mol. The Bertz CT molecular complexity index is 1010. The number of benzene rings is 3. The zero-order chi connectivity index (χ0) is 16.4. The fraction of sp³-hybridized carbons (Fsp3) is 0. The third-order valence-electron chi connectivity index (χ3n) is 3.91. The molecule has 1 heterocycles. The van der Waals surface area contributed by atoms with Crippen molar-refractivity contribution in [1.29, 1.82) is 0 Å². The van der Waals surface area contributed by atoms with Gasteiger partial charge < -0.3 is 0 Å². The summed E-state index contributed by atoms with van der Waals surface area (Å²) in [6, 6.07) is 24.6. The van der Waals surface area contributed by atoms with Gasteiger partial charge in [0.25, 0.3) is 0 Å². The third-order valence-corrected chi connectivity index (χ3v) is 3.91. The topological polar surface area (TPSA) is 42.9 Å². The number of ketones is 1. The molecule has 24 heavy (non-hydrogen) atoms. The molecule has 0 amide bonds. The summed E-state index contributed by atoms with van der Waals surface area (Å²) in [5.41, 5.74) is 4.64. The average Bonchev–Trinajstić information content (AvgIpc) is 2.68. The summed E-state index contributed by atoms with van der Waals surface area (Å²) < 4.78 is 0. The number of aromatic nitrogens is 2. The second kappa shape index (κ2) is 6.05. The lowest BCUT2D eigenvalue weighted by Gasteiger charge is -2.05. The molecule has 0 fully saturated rings. The highest BCUT2D eigenvalue weighted by Gasteiger charge is 2.10. The molecular formula is C21H14N2O. The van der Waals surface area contributed by atoms with Crippen LogP contribution in [-0.2, 0) is 0 Å². The summed E-state index contributed by atoms with van der Waals surface area (Å²) in [4.78, 5) is 21.7. The van der Waals surface area contributed by atoms with Gasteiger partial charge in [0.1, 0.15) is 0 Å². The Labute approximate surface area is 139 Å². The number of carbonyl (C=O) groups excluding carboxylic acids is 1. The van der Waals surface area contributed by atoms with Crippen LogP contribution in [0.5, 0.6) is 0 Å². The van der Waals surface area contributed by atoms with Crippen LogP contribution in [0.1, 0.15) is 15.9 Å². The maximum absolute atomic E-state index is 12.5. The van der Waals surface area contributed by atoms with Crippen LogP contribution in [0, 0.1) is 0 Å². The molecule has 0 saturated heterocycles. The summed E-state index contributed by atoms with van der Waals surface area (Å²) in [7, 11) is 0. The van der Waals surface area contributed by atoms with E-state index in [1.807, 2.05) is 66.7 Å². The van der Waals surface area contributed by atoms with Crippen molar-refractivity contribution in [3.8, 4) is 11.3 Å². The van der Waals surface area contributed by atoms with Crippen molar-refractivity contribution in [3.05, 3.63) is 96.2 Å². The third kappa shape index (κ3) is 2.68. The quantitative estimate of drug-likeness (QED) is 0.522. The van der Waals surface area contributed by atoms with Crippen molar-refractivity contribution in [1.82, 2.24) is 9.97 Å². The van der Waals surface area contributed by atoms with Crippen LogP contribution in [0.25, 0.3) is 22.3 Å². The predicted octanol–water partition coefficient (Wildman–Crippen LogP) is 4.53. The van der Waals surface area contributed by atoms with Gasteiger partial charge in [0.05, 0.1) is 22.9 Å². The highest BCUT2D eigenvalue weighted by molar-refractivity contribution is 6.10. The van der Waals surface area contributed by atoms with Gasteiger partial charge in [-0.2, -0.15) is 0 Å². The number of fused-ring (bicyclic) bond motifs is 1. The molecule has 0 atom stereocenters. The molecule has 3 nitrogen and oxygen atoms in total. The zero-order valence-corrected chi connectivity index (χ0v) is 12.9. The number of rotatable bonds is 3. The molecule has 4 aromatic rings. The maximum Gasteiger partial charge on any atom is 0.193 e. The molecular weight excluding hydrogens is 296 g/mol. The summed E-state index contributed by atoms with van der Waals surface area (Å²) >= 11 is 0. The SMILES string of the molecule is O=C(c1ccccc1)c1ccc2nc(-c3ccccc3)cnc2c1. The van der Waals surface area contributed by atoms with E-state index in [-0.39, 0.29) is 5.78 Å². The van der Waals surface area contributed by atoms with Crippen molar-refractivity contribution in [2.45, 2.75) is 0 Å². The van der Waals surface area contributed by atoms with Gasteiger partial charge in [-0.15, -0.1) is 0 Å². The first-order valence-corrected chi connectivity index (χ1v) is 7.73. The number of nitrogens with zero attached hydrogens (tertiary/aromatic N) is 2. The minimum Gasteiger partial charge on any atom is -0.289 e. The molecule has 0 spiro atoms. The van der Waals surface area contributed by atoms with E-state index in [2.05, 4.69) is 9.97 Å². The van der Waals surface area contributed by atoms with Crippen LogP contribution < -0.4 is 0 Å². The molecule has 0 aliphatic heterocycles. The molecule has 4 rings (SSSR count). The van der Waals surface area contributed by atoms with Gasteiger partial charge in [0, 0.05) is 16.7 Å². The molecule has 0 aliphatic rings. The molecule has 0 unspecified atom stereocenters. The van der Waals surface area contributed by atoms with E-state index in [1.165, 1.54) is 0 Å². The Hall–Kier alpha value is -3.33. The first-order chi connectivity index (χ1) is 11.8. The van der Waals surface area contributed by atoms with Gasteiger partial charge >= 0.3 is 0 Å². The normalized spacial score (nSPS) is 10.7. The number of carbonyl (C=O) groups is 1. The van der Waals surface area contributed by atoms with Crippen LogP contribution in [0.4, 0.5) is 0 Å². The van der Waals surface area contributed by atoms with Crippen LogP contribution in [-0.4, -0.2) is 15.8 Å². The molecule has 0 saturated carbocycles. The van der Waals surface area contributed by atoms with Crippen molar-refractivity contribution >= 4 is 16.8 Å². The fourth-order valence-corrected chi connectivity index (χ4v) is 2.66. The molecule has 114 valence electrons. The number of hydrogen-bond acceptors (Lipinski definition) is 3. The van der Waals surface area contributed by atoms with Gasteiger partial charge in [0.2, 0.25) is 0 Å². The number of hydrogen-bond donors (Lipinski definition) is 0. The maximum atomic E-state index is 12.5. The largest absolute Gasteiger partial charge is 0.289 e. The van der Waals surface area contributed by atoms with E-state index in [4.69, 9.17) is 0 Å². The van der Waals surface area contributed by atoms with E-state index in [1.54, 1.807) is 18.3 Å². The van der Waals surface area contributed by atoms with E-state index < -0.39 is 0 Å². The lowest BCUT2D eigenvalue weighted by atomic mass is 10.0. The van der Waals surface area contributed by atoms with Crippen LogP contribution in [0.3, 0.4) is 0 Å². The lowest BCUT2D eigenvalue weighted by Crippen LogP contribution is -2.01.